The molecule has 2 aromatic heterocycles. The van der Waals surface area contributed by atoms with E-state index in [1.54, 1.807) is 18.5 Å². The highest BCUT2D eigenvalue weighted by Gasteiger charge is 2.08. The standard InChI is InChI=1S/C14H10N4/c1-2-11-12-14(16-9-8-15-12)18-13(17-11)10-6-4-3-5-7-10/h2-9H,1H2. The Labute approximate surface area is 104 Å². The van der Waals surface area contributed by atoms with Gasteiger partial charge in [0, 0.05) is 18.0 Å². The van der Waals surface area contributed by atoms with E-state index in [1.807, 2.05) is 30.3 Å². The zero-order valence-electron chi connectivity index (χ0n) is 9.61. The molecule has 1 aromatic carbocycles. The number of benzene rings is 1. The summed E-state index contributed by atoms with van der Waals surface area (Å²) in [5, 5.41) is 0. The average Bonchev–Trinajstić information content (AvgIpc) is 2.47. The lowest BCUT2D eigenvalue weighted by Gasteiger charge is -2.04. The minimum atomic E-state index is 0.584. The van der Waals surface area contributed by atoms with Gasteiger partial charge in [0.05, 0.1) is 5.69 Å². The molecule has 2 heterocycles. The lowest BCUT2D eigenvalue weighted by atomic mass is 10.2. The predicted octanol–water partition coefficient (Wildman–Crippen LogP) is 2.73. The molecule has 0 saturated carbocycles. The van der Waals surface area contributed by atoms with Gasteiger partial charge in [-0.05, 0) is 6.08 Å². The Morgan fingerprint density at radius 2 is 1.72 bits per heavy atom. The van der Waals surface area contributed by atoms with Crippen molar-refractivity contribution in [3.8, 4) is 11.4 Å². The van der Waals surface area contributed by atoms with E-state index < -0.39 is 0 Å². The van der Waals surface area contributed by atoms with E-state index in [9.17, 15) is 0 Å². The summed E-state index contributed by atoms with van der Waals surface area (Å²) in [5.74, 6) is 0.638. The summed E-state index contributed by atoms with van der Waals surface area (Å²) < 4.78 is 0. The smallest absolute Gasteiger partial charge is 0.182 e. The van der Waals surface area contributed by atoms with Gasteiger partial charge in [-0.25, -0.2) is 19.9 Å². The van der Waals surface area contributed by atoms with Gasteiger partial charge in [-0.2, -0.15) is 0 Å². The van der Waals surface area contributed by atoms with Crippen molar-refractivity contribution in [3.63, 3.8) is 0 Å². The van der Waals surface area contributed by atoms with E-state index in [-0.39, 0.29) is 0 Å². The molecule has 0 aliphatic carbocycles. The van der Waals surface area contributed by atoms with Crippen LogP contribution >= 0.6 is 0 Å². The summed E-state index contributed by atoms with van der Waals surface area (Å²) in [7, 11) is 0. The van der Waals surface area contributed by atoms with Crippen LogP contribution in [-0.4, -0.2) is 19.9 Å². The lowest BCUT2D eigenvalue weighted by Crippen LogP contribution is -1.97. The summed E-state index contributed by atoms with van der Waals surface area (Å²) >= 11 is 0. The SMILES string of the molecule is C=Cc1nc(-c2ccccc2)nc2nccnc12. The first kappa shape index (κ1) is 10.5. The molecule has 0 radical (unpaired) electrons. The highest BCUT2D eigenvalue weighted by atomic mass is 15.0. The third kappa shape index (κ3) is 1.73. The lowest BCUT2D eigenvalue weighted by molar-refractivity contribution is 1.14. The molecule has 0 fully saturated rings. The maximum Gasteiger partial charge on any atom is 0.182 e. The first-order valence-corrected chi connectivity index (χ1v) is 5.55. The Hall–Kier alpha value is -2.62. The Morgan fingerprint density at radius 1 is 0.944 bits per heavy atom. The Bertz CT molecular complexity index is 707. The number of hydrogen-bond donors (Lipinski definition) is 0. The van der Waals surface area contributed by atoms with Crippen LogP contribution in [0.25, 0.3) is 28.6 Å². The van der Waals surface area contributed by atoms with Crippen LogP contribution in [0.3, 0.4) is 0 Å². The highest BCUT2D eigenvalue weighted by molar-refractivity contribution is 5.80. The molecule has 0 unspecified atom stereocenters. The van der Waals surface area contributed by atoms with Crippen LogP contribution in [-0.2, 0) is 0 Å². The zero-order valence-corrected chi connectivity index (χ0v) is 9.61. The third-order valence-electron chi connectivity index (χ3n) is 2.59. The first-order valence-electron chi connectivity index (χ1n) is 5.55. The quantitative estimate of drug-likeness (QED) is 0.684. The molecule has 0 saturated heterocycles. The highest BCUT2D eigenvalue weighted by Crippen LogP contribution is 2.19. The van der Waals surface area contributed by atoms with E-state index in [4.69, 9.17) is 0 Å². The molecular weight excluding hydrogens is 224 g/mol. The second-order valence-electron chi connectivity index (χ2n) is 3.73. The van der Waals surface area contributed by atoms with Gasteiger partial charge in [0.2, 0.25) is 0 Å². The summed E-state index contributed by atoms with van der Waals surface area (Å²) in [5.41, 5.74) is 2.91. The van der Waals surface area contributed by atoms with Gasteiger partial charge in [0.15, 0.2) is 11.5 Å². The number of nitrogens with zero attached hydrogens (tertiary/aromatic N) is 4. The molecule has 0 amide bonds. The minimum Gasteiger partial charge on any atom is -0.249 e. The summed E-state index contributed by atoms with van der Waals surface area (Å²) in [6.45, 7) is 3.76. The molecule has 18 heavy (non-hydrogen) atoms. The Morgan fingerprint density at radius 3 is 2.50 bits per heavy atom. The van der Waals surface area contributed by atoms with E-state index in [2.05, 4.69) is 26.5 Å². The molecule has 0 N–H and O–H groups in total. The first-order chi connectivity index (χ1) is 8.88. The number of aromatic nitrogens is 4. The largest absolute Gasteiger partial charge is 0.249 e. The molecule has 86 valence electrons. The maximum absolute atomic E-state index is 4.46. The minimum absolute atomic E-state index is 0.584. The van der Waals surface area contributed by atoms with E-state index in [1.165, 1.54) is 0 Å². The number of rotatable bonds is 2. The van der Waals surface area contributed by atoms with Gasteiger partial charge in [-0.15, -0.1) is 0 Å². The van der Waals surface area contributed by atoms with Crippen molar-refractivity contribution in [1.82, 2.24) is 19.9 Å². The summed E-state index contributed by atoms with van der Waals surface area (Å²) in [6.07, 6.45) is 4.92. The molecule has 0 atom stereocenters. The van der Waals surface area contributed by atoms with Crippen LogP contribution in [0.2, 0.25) is 0 Å². The van der Waals surface area contributed by atoms with Crippen molar-refractivity contribution in [2.75, 3.05) is 0 Å². The molecule has 0 spiro atoms. The van der Waals surface area contributed by atoms with Crippen molar-refractivity contribution in [3.05, 3.63) is 55.0 Å². The van der Waals surface area contributed by atoms with E-state index in [0.29, 0.717) is 22.7 Å². The van der Waals surface area contributed by atoms with Crippen LogP contribution in [0, 0.1) is 0 Å². The van der Waals surface area contributed by atoms with Crippen LogP contribution in [0.5, 0.6) is 0 Å². The summed E-state index contributed by atoms with van der Waals surface area (Å²) in [4.78, 5) is 17.3. The molecule has 3 aromatic rings. The predicted molar refractivity (Wildman–Crippen MR) is 70.7 cm³/mol. The third-order valence-corrected chi connectivity index (χ3v) is 2.59. The molecule has 3 rings (SSSR count). The molecule has 4 nitrogen and oxygen atoms in total. The van der Waals surface area contributed by atoms with Gasteiger partial charge in [0.25, 0.3) is 0 Å². The molecule has 0 aliphatic heterocycles. The Kier molecular flexibility index (Phi) is 2.53. The van der Waals surface area contributed by atoms with Crippen LogP contribution in [0.4, 0.5) is 0 Å². The van der Waals surface area contributed by atoms with Crippen molar-refractivity contribution >= 4 is 17.2 Å². The van der Waals surface area contributed by atoms with Crippen molar-refractivity contribution in [2.24, 2.45) is 0 Å². The monoisotopic (exact) mass is 234 g/mol. The van der Waals surface area contributed by atoms with Gasteiger partial charge in [-0.3, -0.25) is 0 Å². The average molecular weight is 234 g/mol. The van der Waals surface area contributed by atoms with Gasteiger partial charge >= 0.3 is 0 Å². The second kappa shape index (κ2) is 4.33. The molecule has 4 heteroatoms. The van der Waals surface area contributed by atoms with E-state index >= 15 is 0 Å². The Balaban J connectivity index is 2.29. The van der Waals surface area contributed by atoms with Crippen LogP contribution < -0.4 is 0 Å². The summed E-state index contributed by atoms with van der Waals surface area (Å²) in [6, 6.07) is 9.79. The van der Waals surface area contributed by atoms with Crippen molar-refractivity contribution < 1.29 is 0 Å². The van der Waals surface area contributed by atoms with Gasteiger partial charge < -0.3 is 0 Å². The van der Waals surface area contributed by atoms with Gasteiger partial charge in [-0.1, -0.05) is 36.9 Å². The topological polar surface area (TPSA) is 51.6 Å². The maximum atomic E-state index is 4.46. The number of fused-ring (bicyclic) bond motifs is 1. The fraction of sp³-hybridized carbons (Fsp3) is 0. The van der Waals surface area contributed by atoms with Crippen molar-refractivity contribution in [1.29, 1.82) is 0 Å². The van der Waals surface area contributed by atoms with Crippen molar-refractivity contribution in [2.45, 2.75) is 0 Å². The second-order valence-corrected chi connectivity index (χ2v) is 3.73. The van der Waals surface area contributed by atoms with Crippen LogP contribution in [0.15, 0.2) is 49.3 Å². The molecule has 0 aliphatic rings. The normalized spacial score (nSPS) is 10.4. The van der Waals surface area contributed by atoms with E-state index in [0.717, 1.165) is 5.56 Å². The number of hydrogen-bond acceptors (Lipinski definition) is 4. The fourth-order valence-electron chi connectivity index (χ4n) is 1.74. The fourth-order valence-corrected chi connectivity index (χ4v) is 1.74. The van der Waals surface area contributed by atoms with Gasteiger partial charge in [0.1, 0.15) is 5.52 Å². The zero-order chi connectivity index (χ0) is 12.4. The molecular formula is C14H10N4. The molecule has 0 bridgehead atoms. The van der Waals surface area contributed by atoms with Crippen LogP contribution in [0.1, 0.15) is 5.69 Å².